The molecule has 0 fully saturated rings. The Morgan fingerprint density at radius 3 is 1.50 bits per heavy atom. The van der Waals surface area contributed by atoms with Crippen molar-refractivity contribution in [1.82, 2.24) is 0 Å². The van der Waals surface area contributed by atoms with Crippen molar-refractivity contribution in [1.29, 1.82) is 0 Å². The van der Waals surface area contributed by atoms with Gasteiger partial charge in [-0.2, -0.15) is 0 Å². The van der Waals surface area contributed by atoms with Gasteiger partial charge in [-0.15, -0.1) is 0 Å². The lowest BCUT2D eigenvalue weighted by molar-refractivity contribution is -0.139. The van der Waals surface area contributed by atoms with E-state index in [4.69, 9.17) is 18.5 Å². The smallest absolute Gasteiger partial charge is 0.462 e. The second-order valence-electron chi connectivity index (χ2n) is 6.95. The van der Waals surface area contributed by atoms with Crippen LogP contribution in [0.1, 0.15) is 25.0 Å². The largest absolute Gasteiger partial charge is 0.805 e. The Bertz CT molecular complexity index is 933. The normalized spacial score (nSPS) is 10.1. The summed E-state index contributed by atoms with van der Waals surface area (Å²) in [6.07, 6.45) is 0.756. The maximum absolute atomic E-state index is 12.5. The third-order valence-corrected chi connectivity index (χ3v) is 4.89. The van der Waals surface area contributed by atoms with E-state index in [1.54, 1.807) is 62.4 Å². The molecule has 0 saturated carbocycles. The van der Waals surface area contributed by atoms with Gasteiger partial charge < -0.3 is 9.47 Å². The highest BCUT2D eigenvalue weighted by Crippen LogP contribution is 2.34. The number of para-hydroxylation sites is 2. The molecule has 0 aliphatic heterocycles. The minimum Gasteiger partial charge on any atom is -0.462 e. The van der Waals surface area contributed by atoms with E-state index in [0.29, 0.717) is 46.6 Å². The first-order valence-electron chi connectivity index (χ1n) is 9.92. The molecule has 2 rings (SSSR count). The Balaban J connectivity index is 1.97. The molecule has 0 atom stereocenters. The van der Waals surface area contributed by atoms with Gasteiger partial charge >= 0.3 is 20.2 Å². The van der Waals surface area contributed by atoms with E-state index in [1.165, 1.54) is 0 Å². The lowest BCUT2D eigenvalue weighted by atomic mass is 10.1. The van der Waals surface area contributed by atoms with Crippen LogP contribution in [0.15, 0.2) is 72.8 Å². The minimum atomic E-state index is -2.53. The van der Waals surface area contributed by atoms with E-state index in [9.17, 15) is 14.2 Å². The van der Waals surface area contributed by atoms with Crippen LogP contribution in [0.3, 0.4) is 0 Å². The van der Waals surface area contributed by atoms with Gasteiger partial charge in [-0.05, 0) is 26.0 Å². The van der Waals surface area contributed by atoms with Crippen molar-refractivity contribution in [2.45, 2.75) is 26.7 Å². The number of esters is 2. The van der Waals surface area contributed by atoms with Crippen molar-refractivity contribution in [3.8, 4) is 11.5 Å². The molecule has 32 heavy (non-hydrogen) atoms. The second kappa shape index (κ2) is 12.4. The lowest BCUT2D eigenvalue weighted by Gasteiger charge is -2.07. The molecule has 0 aromatic heterocycles. The summed E-state index contributed by atoms with van der Waals surface area (Å²) >= 11 is 0. The number of rotatable bonds is 12. The van der Waals surface area contributed by atoms with Crippen molar-refractivity contribution in [3.05, 3.63) is 84.0 Å². The van der Waals surface area contributed by atoms with Crippen LogP contribution < -0.4 is 9.05 Å². The van der Waals surface area contributed by atoms with Gasteiger partial charge in [-0.25, -0.2) is 18.6 Å². The molecular formula is C24H26O7P+. The predicted octanol–water partition coefficient (Wildman–Crippen LogP) is 5.13. The highest BCUT2D eigenvalue weighted by molar-refractivity contribution is 7.34. The maximum Gasteiger partial charge on any atom is 0.805 e. The van der Waals surface area contributed by atoms with E-state index in [2.05, 4.69) is 13.2 Å². The van der Waals surface area contributed by atoms with E-state index < -0.39 is 20.2 Å². The fraction of sp³-hybridized carbons (Fsp3) is 0.250. The summed E-state index contributed by atoms with van der Waals surface area (Å²) in [7, 11) is -2.53. The zero-order valence-corrected chi connectivity index (χ0v) is 19.1. The molecule has 0 N–H and O–H groups in total. The highest BCUT2D eigenvalue weighted by Gasteiger charge is 2.27. The molecule has 0 spiro atoms. The molecule has 0 bridgehead atoms. The maximum atomic E-state index is 12.5. The van der Waals surface area contributed by atoms with Crippen LogP contribution in [0.25, 0.3) is 0 Å². The molecule has 0 aliphatic carbocycles. The summed E-state index contributed by atoms with van der Waals surface area (Å²) in [5, 5.41) is 0. The Hall–Kier alpha value is -3.44. The average Bonchev–Trinajstić information content (AvgIpc) is 2.75. The van der Waals surface area contributed by atoms with Crippen molar-refractivity contribution in [3.63, 3.8) is 0 Å². The number of ether oxygens (including phenoxy) is 2. The summed E-state index contributed by atoms with van der Waals surface area (Å²) < 4.78 is 33.8. The summed E-state index contributed by atoms with van der Waals surface area (Å²) in [4.78, 5) is 23.0. The molecule has 7 nitrogen and oxygen atoms in total. The minimum absolute atomic E-state index is 0.134. The Kier molecular flexibility index (Phi) is 9.64. The van der Waals surface area contributed by atoms with E-state index in [1.807, 2.05) is 0 Å². The van der Waals surface area contributed by atoms with Crippen molar-refractivity contribution in [2.24, 2.45) is 0 Å². The topological polar surface area (TPSA) is 88.1 Å². The van der Waals surface area contributed by atoms with Gasteiger partial charge in [0.05, 0.1) is 13.2 Å². The first-order valence-corrected chi connectivity index (χ1v) is 11.0. The summed E-state index contributed by atoms with van der Waals surface area (Å²) in [6, 6.07) is 14.0. The Morgan fingerprint density at radius 2 is 1.12 bits per heavy atom. The van der Waals surface area contributed by atoms with Crippen LogP contribution in [0.2, 0.25) is 0 Å². The van der Waals surface area contributed by atoms with Gasteiger partial charge in [0.2, 0.25) is 0 Å². The molecule has 8 heteroatoms. The van der Waals surface area contributed by atoms with Gasteiger partial charge in [0.1, 0.15) is 0 Å². The molecule has 0 aliphatic rings. The van der Waals surface area contributed by atoms with Crippen molar-refractivity contribution in [2.75, 3.05) is 13.2 Å². The molecule has 0 unspecified atom stereocenters. The lowest BCUT2D eigenvalue weighted by Crippen LogP contribution is -2.09. The molecular weight excluding hydrogens is 431 g/mol. The van der Waals surface area contributed by atoms with Crippen LogP contribution >= 0.6 is 8.25 Å². The van der Waals surface area contributed by atoms with Crippen LogP contribution in [-0.2, 0) is 36.5 Å². The monoisotopic (exact) mass is 457 g/mol. The van der Waals surface area contributed by atoms with Crippen molar-refractivity contribution < 1.29 is 32.7 Å². The van der Waals surface area contributed by atoms with E-state index >= 15 is 0 Å². The molecule has 0 heterocycles. The summed E-state index contributed by atoms with van der Waals surface area (Å²) in [6.45, 7) is 10.5. The predicted molar refractivity (Wildman–Crippen MR) is 121 cm³/mol. The molecule has 168 valence electrons. The quantitative estimate of drug-likeness (QED) is 0.248. The van der Waals surface area contributed by atoms with E-state index in [-0.39, 0.29) is 13.2 Å². The Labute approximate surface area is 188 Å². The van der Waals surface area contributed by atoms with Crippen LogP contribution in [-0.4, -0.2) is 25.2 Å². The molecule has 0 saturated heterocycles. The fourth-order valence-corrected chi connectivity index (χ4v) is 3.25. The summed E-state index contributed by atoms with van der Waals surface area (Å²) in [5.41, 5.74) is 2.07. The van der Waals surface area contributed by atoms with Gasteiger partial charge in [0.25, 0.3) is 0 Å². The number of hydrogen-bond acceptors (Lipinski definition) is 7. The Morgan fingerprint density at radius 1 is 0.750 bits per heavy atom. The van der Waals surface area contributed by atoms with Gasteiger partial charge in [-0.1, -0.05) is 49.6 Å². The molecule has 2 aromatic rings. The number of hydrogen-bond donors (Lipinski definition) is 0. The summed E-state index contributed by atoms with van der Waals surface area (Å²) in [5.74, 6) is -0.201. The number of carbonyl (C=O) groups is 2. The van der Waals surface area contributed by atoms with Gasteiger partial charge in [-0.3, -0.25) is 0 Å². The molecule has 0 amide bonds. The number of benzene rings is 2. The van der Waals surface area contributed by atoms with Crippen LogP contribution in [0, 0.1) is 0 Å². The molecule has 2 aromatic carbocycles. The van der Waals surface area contributed by atoms with Gasteiger partial charge in [0.15, 0.2) is 11.5 Å². The molecule has 0 radical (unpaired) electrons. The third kappa shape index (κ3) is 8.00. The third-order valence-electron chi connectivity index (χ3n) is 4.20. The second-order valence-corrected chi connectivity index (χ2v) is 7.77. The zero-order chi connectivity index (χ0) is 23.5. The SMILES string of the molecule is C=C(C)C(=O)OCCc1ccccc1O[P+](=O)Oc1ccccc1CCOC(=O)C(=C)C. The van der Waals surface area contributed by atoms with Gasteiger partial charge in [0, 0.05) is 39.7 Å². The van der Waals surface area contributed by atoms with E-state index in [0.717, 1.165) is 0 Å². The number of carbonyl (C=O) groups excluding carboxylic acids is 2. The van der Waals surface area contributed by atoms with Crippen LogP contribution in [0.4, 0.5) is 0 Å². The first-order chi connectivity index (χ1) is 15.3. The fourth-order valence-electron chi connectivity index (χ4n) is 2.53. The van der Waals surface area contributed by atoms with Crippen molar-refractivity contribution >= 4 is 20.2 Å². The zero-order valence-electron chi connectivity index (χ0n) is 18.2. The first kappa shape index (κ1) is 24.8. The van der Waals surface area contributed by atoms with Crippen LogP contribution in [0.5, 0.6) is 11.5 Å². The standard InChI is InChI=1S/C24H26O7P/c1-17(2)23(25)28-15-13-19-9-5-7-11-21(19)30-32(27)31-22-12-8-6-10-20(22)14-16-29-24(26)18(3)4/h5-12H,1,3,13-16H2,2,4H3/q+1. The average molecular weight is 457 g/mol. The highest BCUT2D eigenvalue weighted by atomic mass is 31.1.